The molecule has 120 valence electrons. The SMILES string of the molecule is COc1cc(C=NNC(=O)COc2ccc(Br)cc2)ccc1O. The van der Waals surface area contributed by atoms with Gasteiger partial charge in [-0.1, -0.05) is 15.9 Å². The minimum absolute atomic E-state index is 0.0385. The van der Waals surface area contributed by atoms with Crippen LogP contribution < -0.4 is 14.9 Å². The lowest BCUT2D eigenvalue weighted by Crippen LogP contribution is -2.24. The summed E-state index contributed by atoms with van der Waals surface area (Å²) in [6, 6.07) is 11.9. The predicted molar refractivity (Wildman–Crippen MR) is 90.0 cm³/mol. The molecule has 6 nitrogen and oxygen atoms in total. The predicted octanol–water partition coefficient (Wildman–Crippen LogP) is 2.69. The summed E-state index contributed by atoms with van der Waals surface area (Å²) < 4.78 is 11.2. The Morgan fingerprint density at radius 1 is 1.30 bits per heavy atom. The van der Waals surface area contributed by atoms with Crippen molar-refractivity contribution >= 4 is 28.1 Å². The molecule has 0 radical (unpaired) electrons. The number of nitrogens with zero attached hydrogens (tertiary/aromatic N) is 1. The van der Waals surface area contributed by atoms with E-state index in [9.17, 15) is 9.90 Å². The molecule has 2 rings (SSSR count). The van der Waals surface area contributed by atoms with Gasteiger partial charge in [0.2, 0.25) is 0 Å². The summed E-state index contributed by atoms with van der Waals surface area (Å²) >= 11 is 3.32. The van der Waals surface area contributed by atoms with E-state index in [1.54, 1.807) is 24.3 Å². The molecule has 0 aliphatic heterocycles. The monoisotopic (exact) mass is 378 g/mol. The van der Waals surface area contributed by atoms with Gasteiger partial charge in [0.05, 0.1) is 13.3 Å². The Hall–Kier alpha value is -2.54. The molecule has 23 heavy (non-hydrogen) atoms. The molecule has 0 aliphatic carbocycles. The molecule has 0 aliphatic rings. The summed E-state index contributed by atoms with van der Waals surface area (Å²) in [7, 11) is 1.46. The number of methoxy groups -OCH3 is 1. The molecule has 0 bridgehead atoms. The molecule has 2 N–H and O–H groups in total. The van der Waals surface area contributed by atoms with Crippen molar-refractivity contribution in [2.45, 2.75) is 0 Å². The number of benzene rings is 2. The van der Waals surface area contributed by atoms with E-state index >= 15 is 0 Å². The lowest BCUT2D eigenvalue weighted by atomic mass is 10.2. The second kappa shape index (κ2) is 8.19. The largest absolute Gasteiger partial charge is 0.504 e. The Balaban J connectivity index is 1.82. The molecule has 2 aromatic carbocycles. The number of carbonyl (C=O) groups excluding carboxylic acids is 1. The zero-order valence-electron chi connectivity index (χ0n) is 12.3. The van der Waals surface area contributed by atoms with Crippen molar-refractivity contribution in [1.29, 1.82) is 0 Å². The first-order valence-electron chi connectivity index (χ1n) is 6.66. The van der Waals surface area contributed by atoms with Crippen molar-refractivity contribution in [3.63, 3.8) is 0 Å². The highest BCUT2D eigenvalue weighted by atomic mass is 79.9. The molecule has 0 saturated carbocycles. The Labute approximate surface area is 141 Å². The first-order valence-corrected chi connectivity index (χ1v) is 7.45. The topological polar surface area (TPSA) is 80.2 Å². The van der Waals surface area contributed by atoms with E-state index in [4.69, 9.17) is 9.47 Å². The molecule has 0 aromatic heterocycles. The molecule has 0 saturated heterocycles. The van der Waals surface area contributed by atoms with Crippen LogP contribution >= 0.6 is 15.9 Å². The lowest BCUT2D eigenvalue weighted by molar-refractivity contribution is -0.123. The number of amides is 1. The minimum atomic E-state index is -0.380. The highest BCUT2D eigenvalue weighted by Crippen LogP contribution is 2.25. The Morgan fingerprint density at radius 2 is 2.04 bits per heavy atom. The number of phenolic OH excluding ortho intramolecular Hbond substituents is 1. The van der Waals surface area contributed by atoms with Crippen LogP contribution in [0.1, 0.15) is 5.56 Å². The van der Waals surface area contributed by atoms with Gasteiger partial charge in [-0.15, -0.1) is 0 Å². The molecule has 0 spiro atoms. The number of aromatic hydroxyl groups is 1. The highest BCUT2D eigenvalue weighted by molar-refractivity contribution is 9.10. The highest BCUT2D eigenvalue weighted by Gasteiger charge is 2.03. The summed E-state index contributed by atoms with van der Waals surface area (Å²) in [5.41, 5.74) is 3.03. The van der Waals surface area contributed by atoms with Crippen LogP contribution in [0.5, 0.6) is 17.2 Å². The van der Waals surface area contributed by atoms with Gasteiger partial charge in [0.25, 0.3) is 5.91 Å². The number of hydrazone groups is 1. The number of phenols is 1. The number of carbonyl (C=O) groups is 1. The van der Waals surface area contributed by atoms with Crippen molar-refractivity contribution in [2.75, 3.05) is 13.7 Å². The van der Waals surface area contributed by atoms with Crippen LogP contribution in [0.2, 0.25) is 0 Å². The quantitative estimate of drug-likeness (QED) is 0.598. The second-order valence-corrected chi connectivity index (χ2v) is 5.38. The van der Waals surface area contributed by atoms with Crippen LogP contribution in [0.3, 0.4) is 0 Å². The molecule has 0 heterocycles. The van der Waals surface area contributed by atoms with Gasteiger partial charge < -0.3 is 14.6 Å². The maximum Gasteiger partial charge on any atom is 0.277 e. The van der Waals surface area contributed by atoms with Crippen molar-refractivity contribution < 1.29 is 19.4 Å². The number of nitrogens with one attached hydrogen (secondary N) is 1. The third-order valence-electron chi connectivity index (χ3n) is 2.79. The molecule has 7 heteroatoms. The van der Waals surface area contributed by atoms with Gasteiger partial charge >= 0.3 is 0 Å². The summed E-state index contributed by atoms with van der Waals surface area (Å²) in [4.78, 5) is 11.6. The minimum Gasteiger partial charge on any atom is -0.504 e. The Kier molecular flexibility index (Phi) is 5.99. The number of rotatable bonds is 6. The van der Waals surface area contributed by atoms with Crippen LogP contribution in [-0.4, -0.2) is 30.9 Å². The third-order valence-corrected chi connectivity index (χ3v) is 3.32. The average Bonchev–Trinajstić information content (AvgIpc) is 2.56. The van der Waals surface area contributed by atoms with E-state index in [-0.39, 0.29) is 18.3 Å². The first-order chi connectivity index (χ1) is 11.1. The van der Waals surface area contributed by atoms with Crippen molar-refractivity contribution in [2.24, 2.45) is 5.10 Å². The molecule has 2 aromatic rings. The average molecular weight is 379 g/mol. The van der Waals surface area contributed by atoms with Gasteiger partial charge in [0, 0.05) is 4.47 Å². The fourth-order valence-electron chi connectivity index (χ4n) is 1.67. The molecule has 0 unspecified atom stereocenters. The molecular weight excluding hydrogens is 364 g/mol. The van der Waals surface area contributed by atoms with Crippen LogP contribution in [0, 0.1) is 0 Å². The lowest BCUT2D eigenvalue weighted by Gasteiger charge is -2.05. The number of halogens is 1. The maximum absolute atomic E-state index is 11.6. The number of ether oxygens (including phenoxy) is 2. The van der Waals surface area contributed by atoms with Gasteiger partial charge in [-0.25, -0.2) is 5.43 Å². The standard InChI is InChI=1S/C16H15BrN2O4/c1-22-15-8-11(2-7-14(15)20)9-18-19-16(21)10-23-13-5-3-12(17)4-6-13/h2-9,20H,10H2,1H3,(H,19,21). The first kappa shape index (κ1) is 16.8. The van der Waals surface area contributed by atoms with Gasteiger partial charge in [-0.2, -0.15) is 5.10 Å². The molecule has 1 amide bonds. The third kappa shape index (κ3) is 5.30. The van der Waals surface area contributed by atoms with Crippen molar-refractivity contribution in [3.8, 4) is 17.2 Å². The van der Waals surface area contributed by atoms with E-state index in [1.807, 2.05) is 12.1 Å². The van der Waals surface area contributed by atoms with Crippen LogP contribution in [0.4, 0.5) is 0 Å². The summed E-state index contributed by atoms with van der Waals surface area (Å²) in [5, 5.41) is 13.3. The summed E-state index contributed by atoms with van der Waals surface area (Å²) in [6.07, 6.45) is 1.44. The fraction of sp³-hybridized carbons (Fsp3) is 0.125. The normalized spacial score (nSPS) is 10.5. The van der Waals surface area contributed by atoms with Crippen LogP contribution in [0.25, 0.3) is 0 Å². The van der Waals surface area contributed by atoms with Gasteiger partial charge in [-0.05, 0) is 48.0 Å². The van der Waals surface area contributed by atoms with E-state index in [0.717, 1.165) is 4.47 Å². The van der Waals surface area contributed by atoms with Gasteiger partial charge in [0.15, 0.2) is 18.1 Å². The Bertz CT molecular complexity index is 702. The zero-order chi connectivity index (χ0) is 16.7. The molecular formula is C16H15BrN2O4. The van der Waals surface area contributed by atoms with E-state index in [1.165, 1.54) is 19.4 Å². The number of hydrogen-bond acceptors (Lipinski definition) is 5. The summed E-state index contributed by atoms with van der Waals surface area (Å²) in [6.45, 7) is -0.141. The zero-order valence-corrected chi connectivity index (χ0v) is 13.9. The maximum atomic E-state index is 11.6. The number of hydrogen-bond donors (Lipinski definition) is 2. The van der Waals surface area contributed by atoms with Gasteiger partial charge in [-0.3, -0.25) is 4.79 Å². The van der Waals surface area contributed by atoms with E-state index < -0.39 is 0 Å². The molecule has 0 fully saturated rings. The van der Waals surface area contributed by atoms with Gasteiger partial charge in [0.1, 0.15) is 5.75 Å². The summed E-state index contributed by atoms with van der Waals surface area (Å²) in [5.74, 6) is 0.584. The van der Waals surface area contributed by atoms with Crippen LogP contribution in [-0.2, 0) is 4.79 Å². The Morgan fingerprint density at radius 3 is 2.74 bits per heavy atom. The van der Waals surface area contributed by atoms with E-state index in [2.05, 4.69) is 26.5 Å². The van der Waals surface area contributed by atoms with E-state index in [0.29, 0.717) is 17.1 Å². The van der Waals surface area contributed by atoms with Crippen molar-refractivity contribution in [3.05, 3.63) is 52.5 Å². The fourth-order valence-corrected chi connectivity index (χ4v) is 1.93. The second-order valence-electron chi connectivity index (χ2n) is 4.47. The van der Waals surface area contributed by atoms with Crippen LogP contribution in [0.15, 0.2) is 52.0 Å². The smallest absolute Gasteiger partial charge is 0.277 e. The van der Waals surface area contributed by atoms with Crippen molar-refractivity contribution in [1.82, 2.24) is 5.43 Å². The molecule has 0 atom stereocenters.